The zero-order valence-corrected chi connectivity index (χ0v) is 41.0. The molecular weight excluding hydrogens is 1100 g/mol. The molecule has 0 aliphatic rings. The van der Waals surface area contributed by atoms with Crippen LogP contribution in [-0.4, -0.2) is 66.4 Å². The number of fused-ring (bicyclic) bond motifs is 2. The highest BCUT2D eigenvalue weighted by Crippen LogP contribution is 2.61. The Bertz CT molecular complexity index is 3720. The molecule has 16 nitrogen and oxygen atoms in total. The van der Waals surface area contributed by atoms with E-state index in [-0.39, 0.29) is 29.6 Å². The number of carboxylic acid groups (broad SMARTS) is 1. The first-order chi connectivity index (χ1) is 36.0. The number of carbonyl (C=O) groups excluding carboxylic acids is 1. The molecule has 4 N–H and O–H groups in total. The lowest BCUT2D eigenvalue weighted by atomic mass is 10.0. The van der Waals surface area contributed by atoms with Crippen LogP contribution in [0.2, 0.25) is 0 Å². The van der Waals surface area contributed by atoms with Crippen molar-refractivity contribution in [3.8, 4) is 34.2 Å². The Kier molecular flexibility index (Phi) is 17.0. The van der Waals surface area contributed by atoms with E-state index in [2.05, 4.69) is 79.1 Å². The Morgan fingerprint density at radius 3 is 1.39 bits per heavy atom. The van der Waals surface area contributed by atoms with Gasteiger partial charge < -0.3 is 16.2 Å². The summed E-state index contributed by atoms with van der Waals surface area (Å²) in [6.45, 7) is 0. The number of nitrogen functional groups attached to an aromatic ring is 1. The second-order valence-electron chi connectivity index (χ2n) is 15.0. The molecule has 10 rings (SSSR count). The molecule has 0 spiro atoms. The Balaban J connectivity index is 0.000000172. The number of carboxylic acids is 1. The molecule has 76 heavy (non-hydrogen) atoms. The van der Waals surface area contributed by atoms with E-state index in [0.717, 1.165) is 22.8 Å². The van der Waals surface area contributed by atoms with Gasteiger partial charge >= 0.3 is 23.5 Å². The smallest absolute Gasteiger partial charge is 0.417 e. The maximum Gasteiger partial charge on any atom is 0.417 e. The molecule has 0 bridgehead atoms. The van der Waals surface area contributed by atoms with Crippen LogP contribution in [0.1, 0.15) is 31.8 Å². The standard InChI is InChI=1S/C24H14F4N6O.C12H6F4N2O2.C12H10N4.Cl3OP/c25-18-13-17(24(26,27)28)15(21-30-10-5-11-31-21)12-16(18)23(35)32-22-20-19(8-4-9-29-20)33-34(22)14-6-2-1-3-7-14;13-9-5-8(12(14,15)16)6(4-7(9)11(19)20)10-17-2-1-3-18-10;13-12-11-10(7-4-8-14-11)15-16(12)9-5-2-1-3-6-9;1-5(2,3)4/h1-13H,(H,32,35);1-5H,(H,19,20);1-8H,13H2;. The topological polar surface area (TPSA) is 222 Å². The summed E-state index contributed by atoms with van der Waals surface area (Å²) >= 11 is 13.8. The van der Waals surface area contributed by atoms with Crippen molar-refractivity contribution >= 4 is 84.5 Å². The zero-order chi connectivity index (χ0) is 55.0. The number of pyridine rings is 2. The lowest BCUT2D eigenvalue weighted by Crippen LogP contribution is -2.19. The van der Waals surface area contributed by atoms with Crippen molar-refractivity contribution < 1.29 is 54.4 Å². The Morgan fingerprint density at radius 2 is 0.947 bits per heavy atom. The third-order valence-corrected chi connectivity index (χ3v) is 10.0. The van der Waals surface area contributed by atoms with Crippen molar-refractivity contribution in [1.82, 2.24) is 49.5 Å². The Hall–Kier alpha value is -8.44. The van der Waals surface area contributed by atoms with Crippen LogP contribution in [0.15, 0.2) is 159 Å². The number of amides is 1. The molecule has 388 valence electrons. The van der Waals surface area contributed by atoms with Gasteiger partial charge in [-0.3, -0.25) is 19.3 Å². The first-order valence-corrected chi connectivity index (χ1v) is 25.6. The number of alkyl halides is 6. The van der Waals surface area contributed by atoms with Gasteiger partial charge in [0.25, 0.3) is 5.91 Å². The van der Waals surface area contributed by atoms with Gasteiger partial charge in [-0.05, 0) is 119 Å². The normalized spacial score (nSPS) is 11.4. The average Bonchev–Trinajstić information content (AvgIpc) is 3.94. The fourth-order valence-electron chi connectivity index (χ4n) is 6.86. The summed E-state index contributed by atoms with van der Waals surface area (Å²) in [5.74, 6) is -5.40. The van der Waals surface area contributed by atoms with Crippen LogP contribution in [0.5, 0.6) is 0 Å². The molecule has 6 heterocycles. The number of aromatic carboxylic acids is 1. The van der Waals surface area contributed by atoms with Crippen molar-refractivity contribution in [2.24, 2.45) is 0 Å². The molecule has 0 aliphatic carbocycles. The highest BCUT2D eigenvalue weighted by molar-refractivity contribution is 8.24. The number of nitrogens with two attached hydrogens (primary N) is 1. The van der Waals surface area contributed by atoms with Crippen LogP contribution in [0, 0.1) is 11.6 Å². The summed E-state index contributed by atoms with van der Waals surface area (Å²) in [4.78, 5) is 47.4. The number of nitrogens with zero attached hydrogens (tertiary/aromatic N) is 10. The van der Waals surface area contributed by atoms with Crippen molar-refractivity contribution in [2.75, 3.05) is 11.1 Å². The average molecular weight is 1130 g/mol. The summed E-state index contributed by atoms with van der Waals surface area (Å²) in [5.41, 5.74) is 4.65. The third kappa shape index (κ3) is 13.6. The monoisotopic (exact) mass is 1130 g/mol. The van der Waals surface area contributed by atoms with Crippen molar-refractivity contribution in [3.05, 3.63) is 192 Å². The molecule has 1 amide bonds. The quantitative estimate of drug-likeness (QED) is 0.0999. The number of nitrogens with one attached hydrogen (secondary N) is 1. The van der Waals surface area contributed by atoms with Crippen molar-refractivity contribution in [3.63, 3.8) is 0 Å². The summed E-state index contributed by atoms with van der Waals surface area (Å²) in [6, 6.07) is 30.3. The number of para-hydroxylation sites is 2. The van der Waals surface area contributed by atoms with E-state index in [0.29, 0.717) is 28.6 Å². The second kappa shape index (κ2) is 23.4. The number of anilines is 2. The van der Waals surface area contributed by atoms with Crippen LogP contribution < -0.4 is 11.1 Å². The van der Waals surface area contributed by atoms with Crippen molar-refractivity contribution in [2.45, 2.75) is 12.4 Å². The SMILES string of the molecule is Nc1c2ncccc2nn1-c1ccccc1.O=C(Nc1c2ncccc2nn1-c1ccccc1)c1cc(-c2ncccn2)c(C(F)(F)F)cc1F.O=C(O)c1cc(-c2ncccn2)c(C(F)(F)F)cc1F.O=P(Cl)(Cl)Cl. The maximum atomic E-state index is 14.9. The number of carbonyl (C=O) groups is 2. The van der Waals surface area contributed by atoms with E-state index in [9.17, 15) is 49.3 Å². The molecular formula is C48H30Cl3F8N12O4P. The highest BCUT2D eigenvalue weighted by Gasteiger charge is 2.38. The van der Waals surface area contributed by atoms with Gasteiger partial charge in [0.15, 0.2) is 23.3 Å². The molecule has 6 aromatic heterocycles. The fourth-order valence-corrected chi connectivity index (χ4v) is 6.86. The Morgan fingerprint density at radius 1 is 0.553 bits per heavy atom. The van der Waals surface area contributed by atoms with Crippen LogP contribution in [0.4, 0.5) is 46.8 Å². The predicted octanol–water partition coefficient (Wildman–Crippen LogP) is 13.1. The number of benzene rings is 4. The van der Waals surface area contributed by atoms with Gasteiger partial charge in [0.1, 0.15) is 33.7 Å². The van der Waals surface area contributed by atoms with Crippen LogP contribution >= 0.6 is 38.9 Å². The van der Waals surface area contributed by atoms with Gasteiger partial charge in [-0.2, -0.15) is 36.5 Å². The van der Waals surface area contributed by atoms with E-state index in [4.69, 9.17) is 10.8 Å². The first kappa shape index (κ1) is 55.3. The summed E-state index contributed by atoms with van der Waals surface area (Å²) < 4.78 is 120. The first-order valence-electron chi connectivity index (χ1n) is 21.1. The summed E-state index contributed by atoms with van der Waals surface area (Å²) in [6.07, 6.45) is -1.63. The summed E-state index contributed by atoms with van der Waals surface area (Å²) in [7, 11) is 0. The lowest BCUT2D eigenvalue weighted by Gasteiger charge is -2.15. The van der Waals surface area contributed by atoms with E-state index < -0.39 is 74.4 Å². The molecule has 0 unspecified atom stereocenters. The molecule has 0 radical (unpaired) electrons. The number of aromatic nitrogens is 10. The summed E-state index contributed by atoms with van der Waals surface area (Å²) in [5, 5.41) is 17.0. The molecule has 0 saturated carbocycles. The minimum atomic E-state index is -4.89. The fraction of sp³-hybridized carbons (Fsp3) is 0.0417. The largest absolute Gasteiger partial charge is 0.478 e. The predicted molar refractivity (Wildman–Crippen MR) is 267 cm³/mol. The van der Waals surface area contributed by atoms with Crippen molar-refractivity contribution in [1.29, 1.82) is 0 Å². The van der Waals surface area contributed by atoms with Gasteiger partial charge in [0.2, 0.25) is 0 Å². The molecule has 28 heteroatoms. The number of rotatable bonds is 7. The third-order valence-electron chi connectivity index (χ3n) is 10.0. The van der Waals surface area contributed by atoms with E-state index >= 15 is 0 Å². The van der Waals surface area contributed by atoms with E-state index in [1.54, 1.807) is 53.3 Å². The van der Waals surface area contributed by atoms with Crippen LogP contribution in [0.3, 0.4) is 0 Å². The minimum Gasteiger partial charge on any atom is -0.478 e. The highest BCUT2D eigenvalue weighted by atomic mass is 36.0. The zero-order valence-electron chi connectivity index (χ0n) is 37.8. The second-order valence-corrected chi connectivity index (χ2v) is 21.7. The van der Waals surface area contributed by atoms with Crippen LogP contribution in [0.25, 0.3) is 56.2 Å². The van der Waals surface area contributed by atoms with Gasteiger partial charge in [-0.15, -0.1) is 0 Å². The van der Waals surface area contributed by atoms with Crippen LogP contribution in [-0.2, 0) is 16.9 Å². The molecule has 0 fully saturated rings. The lowest BCUT2D eigenvalue weighted by molar-refractivity contribution is -0.138. The van der Waals surface area contributed by atoms with Gasteiger partial charge in [-0.25, -0.2) is 42.9 Å². The Labute approximate surface area is 436 Å². The molecule has 0 aliphatic heterocycles. The molecule has 10 aromatic rings. The number of hydrogen-bond donors (Lipinski definition) is 3. The molecule has 4 aromatic carbocycles. The number of halogens is 11. The molecule has 0 saturated heterocycles. The van der Waals surface area contributed by atoms with E-state index in [1.807, 2.05) is 42.5 Å². The number of hydrogen-bond acceptors (Lipinski definition) is 12. The maximum absolute atomic E-state index is 14.9. The van der Waals surface area contributed by atoms with Gasteiger partial charge in [0, 0.05) is 48.3 Å². The van der Waals surface area contributed by atoms with Gasteiger partial charge in [0.05, 0.1) is 33.6 Å². The molecule has 0 atom stereocenters. The minimum absolute atomic E-state index is 0.133. The van der Waals surface area contributed by atoms with E-state index in [1.165, 1.54) is 47.8 Å². The van der Waals surface area contributed by atoms with Gasteiger partial charge in [-0.1, -0.05) is 36.4 Å².